The minimum Gasteiger partial charge on any atom is -0.423 e. The van der Waals surface area contributed by atoms with Gasteiger partial charge < -0.3 is 28.9 Å². The number of anilines is 9. The molecular formula is C103H79N3O6. The topological polar surface area (TPSA) is 88.6 Å². The highest BCUT2D eigenvalue weighted by atomic mass is 16.5. The minimum absolute atomic E-state index is 0.185. The third kappa shape index (κ3) is 12.7. The van der Waals surface area contributed by atoms with Crippen LogP contribution >= 0.6 is 0 Å². The molecular weight excluding hydrogens is 1380 g/mol. The summed E-state index contributed by atoms with van der Waals surface area (Å²) in [5.74, 6) is -0.775. The number of benzene rings is 15. The van der Waals surface area contributed by atoms with Gasteiger partial charge in [0.25, 0.3) is 0 Å². The second-order valence-corrected chi connectivity index (χ2v) is 30.7. The van der Waals surface area contributed by atoms with Crippen LogP contribution in [-0.2, 0) is 16.2 Å². The minimum atomic E-state index is -0.499. The molecule has 542 valence electrons. The van der Waals surface area contributed by atoms with Crippen molar-refractivity contribution in [2.24, 2.45) is 0 Å². The predicted octanol–water partition coefficient (Wildman–Crippen LogP) is 25.9. The zero-order valence-electron chi connectivity index (χ0n) is 63.0. The van der Waals surface area contributed by atoms with Crippen molar-refractivity contribution < 1.29 is 28.6 Å². The van der Waals surface area contributed by atoms with Gasteiger partial charge in [-0.3, -0.25) is 0 Å². The number of ether oxygens (including phenoxy) is 3. The van der Waals surface area contributed by atoms with Gasteiger partial charge in [0.15, 0.2) is 0 Å². The van der Waals surface area contributed by atoms with Crippen LogP contribution in [0.1, 0.15) is 129 Å². The molecule has 0 atom stereocenters. The number of hydrogen-bond acceptors (Lipinski definition) is 9. The molecule has 0 unspecified atom stereocenters. The van der Waals surface area contributed by atoms with E-state index in [4.69, 9.17) is 14.2 Å². The molecule has 0 aliphatic heterocycles. The Morgan fingerprint density at radius 1 is 0.223 bits per heavy atom. The number of fused-ring (bicyclic) bond motifs is 9. The summed E-state index contributed by atoms with van der Waals surface area (Å²) in [4.78, 5) is 49.1. The average molecular weight is 1450 g/mol. The van der Waals surface area contributed by atoms with Crippen LogP contribution in [0.2, 0.25) is 0 Å². The summed E-state index contributed by atoms with van der Waals surface area (Å²) in [5.41, 5.74) is 27.2. The Hall–Kier alpha value is -13.9. The predicted molar refractivity (Wildman–Crippen MR) is 451 cm³/mol. The summed E-state index contributed by atoms with van der Waals surface area (Å²) in [7, 11) is 0. The molecule has 18 rings (SSSR count). The van der Waals surface area contributed by atoms with Gasteiger partial charge >= 0.3 is 17.9 Å². The first kappa shape index (κ1) is 69.8. The van der Waals surface area contributed by atoms with E-state index in [1.54, 1.807) is 36.4 Å². The molecule has 0 N–H and O–H groups in total. The normalized spacial score (nSPS) is 13.3. The first-order valence-electron chi connectivity index (χ1n) is 38.1. The molecule has 0 saturated heterocycles. The van der Waals surface area contributed by atoms with E-state index in [1.807, 2.05) is 164 Å². The first-order valence-corrected chi connectivity index (χ1v) is 38.1. The van der Waals surface area contributed by atoms with Crippen molar-refractivity contribution in [3.05, 3.63) is 431 Å². The zero-order valence-corrected chi connectivity index (χ0v) is 63.0. The Kier molecular flexibility index (Phi) is 17.6. The van der Waals surface area contributed by atoms with Gasteiger partial charge in [-0.25, -0.2) is 14.4 Å². The number of carbonyl (C=O) groups is 3. The molecule has 0 fully saturated rings. The highest BCUT2D eigenvalue weighted by Gasteiger charge is 2.39. The largest absolute Gasteiger partial charge is 0.423 e. The lowest BCUT2D eigenvalue weighted by Gasteiger charge is -2.28. The third-order valence-electron chi connectivity index (χ3n) is 22.9. The molecule has 3 aliphatic carbocycles. The lowest BCUT2D eigenvalue weighted by atomic mass is 9.82. The van der Waals surface area contributed by atoms with Crippen molar-refractivity contribution >= 4 is 69.1 Å². The number of para-hydroxylation sites is 3. The van der Waals surface area contributed by atoms with Gasteiger partial charge in [0.05, 0.1) is 16.7 Å². The van der Waals surface area contributed by atoms with Gasteiger partial charge in [0.2, 0.25) is 0 Å². The summed E-state index contributed by atoms with van der Waals surface area (Å²) >= 11 is 0. The number of carbonyl (C=O) groups excluding carboxylic acids is 3. The molecule has 15 aromatic rings. The maximum absolute atomic E-state index is 14.1. The van der Waals surface area contributed by atoms with Crippen molar-refractivity contribution in [2.45, 2.75) is 63.7 Å². The molecule has 112 heavy (non-hydrogen) atoms. The fourth-order valence-electron chi connectivity index (χ4n) is 17.1. The Morgan fingerprint density at radius 2 is 0.438 bits per heavy atom. The number of nitrogens with zero attached hydrogens (tertiary/aromatic N) is 3. The van der Waals surface area contributed by atoms with Crippen molar-refractivity contribution in [1.29, 1.82) is 0 Å². The quantitative estimate of drug-likeness (QED) is 0.0473. The van der Waals surface area contributed by atoms with Gasteiger partial charge in [-0.05, 0) is 265 Å². The van der Waals surface area contributed by atoms with Crippen LogP contribution in [0.3, 0.4) is 0 Å². The van der Waals surface area contributed by atoms with Crippen molar-refractivity contribution in [3.8, 4) is 50.6 Å². The van der Waals surface area contributed by atoms with Crippen molar-refractivity contribution in [3.63, 3.8) is 0 Å². The van der Waals surface area contributed by atoms with Crippen LogP contribution in [-0.4, -0.2) is 17.9 Å². The van der Waals surface area contributed by atoms with Gasteiger partial charge in [-0.1, -0.05) is 224 Å². The van der Waals surface area contributed by atoms with Crippen LogP contribution in [0.5, 0.6) is 17.2 Å². The van der Waals surface area contributed by atoms with E-state index < -0.39 is 17.9 Å². The highest BCUT2D eigenvalue weighted by molar-refractivity contribution is 5.96. The van der Waals surface area contributed by atoms with Gasteiger partial charge in [-0.15, -0.1) is 0 Å². The van der Waals surface area contributed by atoms with E-state index in [2.05, 4.69) is 220 Å². The Balaban J connectivity index is 0.602. The van der Waals surface area contributed by atoms with Crippen LogP contribution < -0.4 is 28.9 Å². The molecule has 0 radical (unpaired) electrons. The number of hydrogen-bond donors (Lipinski definition) is 0. The van der Waals surface area contributed by atoms with E-state index in [0.29, 0.717) is 33.9 Å². The standard InChI is InChI=1S/C103H79N3O6/c1-101(2)91-31-19-16-28-85(91)88-61-52-79(64-94(88)101)104(73-22-10-7-11-23-73)76-46-34-70(35-47-76)98(107)110-82-55-40-67(41-56-82)97(68-42-57-83(58-43-68)111-99(108)71-36-48-77(49-37-71)105(74-24-12-8-13-25-74)80-53-62-89-86-29-17-20-32-92(86)102(3,4)95(89)65-80)69-44-59-84(60-45-69)112-100(109)72-38-50-78(51-39-72)106(75-26-14-9-15-27-75)81-54-63-90-87-30-18-21-33-93(87)103(5,6)96(90)66-81/h7-66,97H,1-6H3. The van der Waals surface area contributed by atoms with Crippen LogP contribution in [0.4, 0.5) is 51.2 Å². The summed E-state index contributed by atoms with van der Waals surface area (Å²) in [5, 5.41) is 0. The molecule has 3 aliphatic rings. The van der Waals surface area contributed by atoms with E-state index in [1.165, 1.54) is 66.8 Å². The van der Waals surface area contributed by atoms with E-state index in [9.17, 15) is 14.4 Å². The second-order valence-electron chi connectivity index (χ2n) is 30.7. The second kappa shape index (κ2) is 28.3. The Bertz CT molecular complexity index is 5500. The maximum Gasteiger partial charge on any atom is 0.343 e. The molecule has 9 nitrogen and oxygen atoms in total. The molecule has 0 amide bonds. The van der Waals surface area contributed by atoms with Crippen molar-refractivity contribution in [2.75, 3.05) is 14.7 Å². The maximum atomic E-state index is 14.1. The van der Waals surface area contributed by atoms with Gasteiger partial charge in [0, 0.05) is 73.3 Å². The van der Waals surface area contributed by atoms with E-state index in [0.717, 1.165) is 67.9 Å². The van der Waals surface area contributed by atoms with E-state index >= 15 is 0 Å². The smallest absolute Gasteiger partial charge is 0.343 e. The molecule has 0 aromatic heterocycles. The average Bonchev–Trinajstić information content (AvgIpc) is 1.58. The Morgan fingerprint density at radius 3 is 0.696 bits per heavy atom. The molecule has 0 heterocycles. The molecule has 0 saturated carbocycles. The van der Waals surface area contributed by atoms with E-state index in [-0.39, 0.29) is 22.2 Å². The Labute approximate surface area is 653 Å². The molecule has 0 spiro atoms. The molecule has 9 heteroatoms. The number of rotatable bonds is 18. The zero-order chi connectivity index (χ0) is 76.4. The summed E-state index contributed by atoms with van der Waals surface area (Å²) in [6.45, 7) is 13.7. The van der Waals surface area contributed by atoms with Gasteiger partial charge in [0.1, 0.15) is 17.2 Å². The van der Waals surface area contributed by atoms with Crippen LogP contribution in [0.25, 0.3) is 33.4 Å². The lowest BCUT2D eigenvalue weighted by Crippen LogP contribution is -2.16. The monoisotopic (exact) mass is 1450 g/mol. The number of esters is 3. The third-order valence-corrected chi connectivity index (χ3v) is 22.9. The molecule has 0 bridgehead atoms. The SMILES string of the molecule is CC1(C)c2ccccc2-c2ccc(N(c3ccccc3)c3ccc(C(=O)Oc4ccc(C(c5ccc(OC(=O)c6ccc(N(c7ccccc7)c7ccc8c(c7)C(C)(C)c7ccccc7-8)cc6)cc5)c5ccc(OC(=O)c6ccc(N(c7ccccc7)c7ccc8c(c7)C(C)(C)c7ccccc7-8)cc6)cc5)cc4)cc3)cc21. The summed E-state index contributed by atoms with van der Waals surface area (Å²) in [6.07, 6.45) is 0. The summed E-state index contributed by atoms with van der Waals surface area (Å²) < 4.78 is 18.4. The highest BCUT2D eigenvalue weighted by Crippen LogP contribution is 2.54. The van der Waals surface area contributed by atoms with Crippen LogP contribution in [0.15, 0.2) is 364 Å². The van der Waals surface area contributed by atoms with Crippen LogP contribution in [0, 0.1) is 0 Å². The lowest BCUT2D eigenvalue weighted by molar-refractivity contribution is 0.0725. The van der Waals surface area contributed by atoms with Crippen molar-refractivity contribution in [1.82, 2.24) is 0 Å². The van der Waals surface area contributed by atoms with Gasteiger partial charge in [-0.2, -0.15) is 0 Å². The first-order chi connectivity index (χ1) is 54.5. The molecule has 15 aromatic carbocycles. The fraction of sp³-hybridized carbons (Fsp3) is 0.0971. The summed E-state index contributed by atoms with van der Waals surface area (Å²) in [6, 6.07) is 122. The fourth-order valence-corrected chi connectivity index (χ4v) is 17.1.